The van der Waals surface area contributed by atoms with Gasteiger partial charge in [-0.15, -0.1) is 0 Å². The van der Waals surface area contributed by atoms with Crippen LogP contribution in [0.3, 0.4) is 0 Å². The summed E-state index contributed by atoms with van der Waals surface area (Å²) in [4.78, 5) is 28.9. The average molecular weight is 386 g/mol. The summed E-state index contributed by atoms with van der Waals surface area (Å²) in [7, 11) is 0. The molecule has 0 bridgehead atoms. The Labute approximate surface area is 164 Å². The molecule has 142 valence electrons. The van der Waals surface area contributed by atoms with Crippen LogP contribution in [0.25, 0.3) is 0 Å². The lowest BCUT2D eigenvalue weighted by atomic mass is 9.78. The number of hydrogen-bond donors (Lipinski definition) is 2. The van der Waals surface area contributed by atoms with Crippen LogP contribution in [-0.4, -0.2) is 23.3 Å². The summed E-state index contributed by atoms with van der Waals surface area (Å²) in [6.07, 6.45) is 7.36. The fourth-order valence-electron chi connectivity index (χ4n) is 3.64. The maximum atomic E-state index is 12.9. The number of pyridine rings is 1. The fraction of sp³-hybridized carbons (Fsp3) is 0.381. The number of hydrogen-bond acceptors (Lipinski definition) is 3. The van der Waals surface area contributed by atoms with Gasteiger partial charge in [-0.05, 0) is 48.2 Å². The van der Waals surface area contributed by atoms with Gasteiger partial charge in [0.15, 0.2) is 0 Å². The van der Waals surface area contributed by atoms with Crippen LogP contribution < -0.4 is 10.6 Å². The highest BCUT2D eigenvalue weighted by molar-refractivity contribution is 6.30. The summed E-state index contributed by atoms with van der Waals surface area (Å²) >= 11 is 5.99. The number of carbonyl (C=O) groups excluding carboxylic acids is 2. The molecule has 1 saturated carbocycles. The lowest BCUT2D eigenvalue weighted by molar-refractivity contribution is -0.127. The molecule has 0 atom stereocenters. The second kappa shape index (κ2) is 9.00. The molecular weight excluding hydrogens is 362 g/mol. The number of nitrogens with zero attached hydrogens (tertiary/aromatic N) is 1. The normalized spacial score (nSPS) is 15.3. The third-order valence-electron chi connectivity index (χ3n) is 5.17. The van der Waals surface area contributed by atoms with Crippen molar-refractivity contribution < 1.29 is 9.59 Å². The zero-order chi connectivity index (χ0) is 19.1. The minimum absolute atomic E-state index is 0.00394. The fourth-order valence-corrected chi connectivity index (χ4v) is 3.77. The quantitative estimate of drug-likeness (QED) is 0.767. The van der Waals surface area contributed by atoms with Crippen molar-refractivity contribution in [3.63, 3.8) is 0 Å². The smallest absolute Gasteiger partial charge is 0.230 e. The molecule has 1 aromatic heterocycles. The summed E-state index contributed by atoms with van der Waals surface area (Å²) in [5.74, 6) is -0.0802. The van der Waals surface area contributed by atoms with Gasteiger partial charge in [-0.25, -0.2) is 0 Å². The SMILES string of the molecule is O=C(CCNC(=O)C1(c2ccc(Cl)cc2)CCCC1)NCc1ccncc1. The Morgan fingerprint density at radius 2 is 1.67 bits per heavy atom. The molecule has 1 fully saturated rings. The Morgan fingerprint density at radius 1 is 1.00 bits per heavy atom. The minimum atomic E-state index is -0.502. The highest BCUT2D eigenvalue weighted by Gasteiger charge is 2.42. The van der Waals surface area contributed by atoms with Crippen LogP contribution in [0.5, 0.6) is 0 Å². The summed E-state index contributed by atoms with van der Waals surface area (Å²) in [6.45, 7) is 0.792. The lowest BCUT2D eigenvalue weighted by Crippen LogP contribution is -2.43. The van der Waals surface area contributed by atoms with E-state index in [0.29, 0.717) is 18.1 Å². The van der Waals surface area contributed by atoms with Gasteiger partial charge in [0.25, 0.3) is 0 Å². The van der Waals surface area contributed by atoms with Gasteiger partial charge in [0.05, 0.1) is 5.41 Å². The molecule has 0 spiro atoms. The van der Waals surface area contributed by atoms with Crippen molar-refractivity contribution in [2.24, 2.45) is 0 Å². The second-order valence-corrected chi connectivity index (χ2v) is 7.37. The molecular formula is C21H24ClN3O2. The van der Waals surface area contributed by atoms with Gasteiger partial charge in [0, 0.05) is 36.9 Å². The molecule has 0 unspecified atom stereocenters. The van der Waals surface area contributed by atoms with Crippen LogP contribution in [0.2, 0.25) is 5.02 Å². The van der Waals surface area contributed by atoms with E-state index in [9.17, 15) is 9.59 Å². The van der Waals surface area contributed by atoms with E-state index < -0.39 is 5.41 Å². The van der Waals surface area contributed by atoms with E-state index >= 15 is 0 Å². The van der Waals surface area contributed by atoms with Gasteiger partial charge < -0.3 is 10.6 Å². The number of aromatic nitrogens is 1. The number of nitrogens with one attached hydrogen (secondary N) is 2. The molecule has 2 amide bonds. The van der Waals surface area contributed by atoms with E-state index in [4.69, 9.17) is 11.6 Å². The summed E-state index contributed by atoms with van der Waals surface area (Å²) in [5, 5.41) is 6.49. The van der Waals surface area contributed by atoms with E-state index in [2.05, 4.69) is 15.6 Å². The summed E-state index contributed by atoms with van der Waals surface area (Å²) in [6, 6.07) is 11.3. The largest absolute Gasteiger partial charge is 0.355 e. The topological polar surface area (TPSA) is 71.1 Å². The van der Waals surface area contributed by atoms with Crippen LogP contribution in [0.4, 0.5) is 0 Å². The predicted octanol–water partition coefficient (Wildman–Crippen LogP) is 3.37. The van der Waals surface area contributed by atoms with Gasteiger partial charge in [-0.2, -0.15) is 0 Å². The minimum Gasteiger partial charge on any atom is -0.355 e. The molecule has 2 N–H and O–H groups in total. The number of amides is 2. The third-order valence-corrected chi connectivity index (χ3v) is 5.42. The Hall–Kier alpha value is -2.40. The lowest BCUT2D eigenvalue weighted by Gasteiger charge is -2.28. The first-order chi connectivity index (χ1) is 13.1. The number of halogens is 1. The van der Waals surface area contributed by atoms with Gasteiger partial charge in [0.1, 0.15) is 0 Å². The van der Waals surface area contributed by atoms with Crippen molar-refractivity contribution in [1.82, 2.24) is 15.6 Å². The Morgan fingerprint density at radius 3 is 2.33 bits per heavy atom. The van der Waals surface area contributed by atoms with Crippen LogP contribution in [-0.2, 0) is 21.5 Å². The summed E-state index contributed by atoms with van der Waals surface area (Å²) in [5.41, 5.74) is 1.50. The molecule has 1 aliphatic carbocycles. The maximum absolute atomic E-state index is 12.9. The maximum Gasteiger partial charge on any atom is 0.230 e. The Balaban J connectivity index is 1.51. The number of rotatable bonds is 7. The van der Waals surface area contributed by atoms with Crippen molar-refractivity contribution >= 4 is 23.4 Å². The van der Waals surface area contributed by atoms with Crippen LogP contribution in [0.15, 0.2) is 48.8 Å². The first-order valence-electron chi connectivity index (χ1n) is 9.30. The predicted molar refractivity (Wildman–Crippen MR) is 105 cm³/mol. The van der Waals surface area contributed by atoms with Crippen LogP contribution >= 0.6 is 11.6 Å². The second-order valence-electron chi connectivity index (χ2n) is 6.93. The zero-order valence-corrected chi connectivity index (χ0v) is 16.0. The molecule has 1 heterocycles. The zero-order valence-electron chi connectivity index (χ0n) is 15.2. The first kappa shape index (κ1) is 19.4. The van der Waals surface area contributed by atoms with Crippen molar-refractivity contribution in [3.05, 3.63) is 64.9 Å². The molecule has 27 heavy (non-hydrogen) atoms. The van der Waals surface area contributed by atoms with Crippen molar-refractivity contribution in [2.75, 3.05) is 6.54 Å². The van der Waals surface area contributed by atoms with Crippen LogP contribution in [0.1, 0.15) is 43.2 Å². The van der Waals surface area contributed by atoms with Crippen molar-refractivity contribution in [2.45, 2.75) is 44.1 Å². The number of carbonyl (C=O) groups is 2. The molecule has 0 saturated heterocycles. The van der Waals surface area contributed by atoms with Crippen molar-refractivity contribution in [3.8, 4) is 0 Å². The van der Waals surface area contributed by atoms with E-state index in [1.54, 1.807) is 12.4 Å². The monoisotopic (exact) mass is 385 g/mol. The summed E-state index contributed by atoms with van der Waals surface area (Å²) < 4.78 is 0. The van der Waals surface area contributed by atoms with E-state index in [1.165, 1.54) is 0 Å². The van der Waals surface area contributed by atoms with Gasteiger partial charge >= 0.3 is 0 Å². The van der Waals surface area contributed by atoms with E-state index in [1.807, 2.05) is 36.4 Å². The molecule has 0 radical (unpaired) electrons. The molecule has 0 aliphatic heterocycles. The van der Waals surface area contributed by atoms with Gasteiger partial charge in [-0.3, -0.25) is 14.6 Å². The molecule has 5 nitrogen and oxygen atoms in total. The molecule has 2 aromatic rings. The molecule has 1 aromatic carbocycles. The van der Waals surface area contributed by atoms with Crippen molar-refractivity contribution in [1.29, 1.82) is 0 Å². The standard InChI is InChI=1S/C21H24ClN3O2/c22-18-5-3-17(4-6-18)21(10-1-2-11-21)20(27)24-14-9-19(26)25-15-16-7-12-23-13-8-16/h3-8,12-13H,1-2,9-11,14-15H2,(H,24,27)(H,25,26). The first-order valence-corrected chi connectivity index (χ1v) is 9.68. The average Bonchev–Trinajstić information content (AvgIpc) is 3.19. The van der Waals surface area contributed by atoms with Crippen LogP contribution in [0, 0.1) is 0 Å². The highest BCUT2D eigenvalue weighted by Crippen LogP contribution is 2.41. The number of benzene rings is 1. The van der Waals surface area contributed by atoms with E-state index in [-0.39, 0.29) is 18.2 Å². The highest BCUT2D eigenvalue weighted by atomic mass is 35.5. The molecule has 3 rings (SSSR count). The Bertz CT molecular complexity index is 772. The molecule has 6 heteroatoms. The van der Waals surface area contributed by atoms with Gasteiger partial charge in [-0.1, -0.05) is 36.6 Å². The molecule has 1 aliphatic rings. The van der Waals surface area contributed by atoms with Gasteiger partial charge in [0.2, 0.25) is 11.8 Å². The Kier molecular flexibility index (Phi) is 6.45. The third kappa shape index (κ3) is 4.86. The van der Waals surface area contributed by atoms with E-state index in [0.717, 1.165) is 36.8 Å².